The molecule has 0 saturated carbocycles. The molecule has 0 spiro atoms. The van der Waals surface area contributed by atoms with Gasteiger partial charge in [0.15, 0.2) is 0 Å². The molecule has 0 N–H and O–H groups in total. The molecule has 0 aromatic heterocycles. The number of benzene rings is 1. The number of halogens is 2. The summed E-state index contributed by atoms with van der Waals surface area (Å²) in [6.45, 7) is 6.36. The van der Waals surface area contributed by atoms with E-state index in [0.29, 0.717) is 6.54 Å². The Kier molecular flexibility index (Phi) is 5.29. The summed E-state index contributed by atoms with van der Waals surface area (Å²) < 4.78 is 26.3. The lowest BCUT2D eigenvalue weighted by molar-refractivity contribution is 0.311. The largest absolute Gasteiger partial charge is 0.244 e. The molecule has 6 heteroatoms. The molecular weight excluding hydrogens is 305 g/mol. The first kappa shape index (κ1) is 16.8. The van der Waals surface area contributed by atoms with Crippen molar-refractivity contribution >= 4 is 33.2 Å². The Hall–Kier alpha value is -0.290. The van der Waals surface area contributed by atoms with Gasteiger partial charge in [-0.2, -0.15) is 0 Å². The fourth-order valence-corrected chi connectivity index (χ4v) is 3.83. The van der Waals surface area contributed by atoms with Gasteiger partial charge >= 0.3 is 0 Å². The highest BCUT2D eigenvalue weighted by atomic mass is 35.5. The van der Waals surface area contributed by atoms with E-state index >= 15 is 0 Å². The second-order valence-electron chi connectivity index (χ2n) is 5.72. The van der Waals surface area contributed by atoms with Crippen LogP contribution in [-0.4, -0.2) is 26.3 Å². The molecule has 0 unspecified atom stereocenters. The van der Waals surface area contributed by atoms with Crippen LogP contribution in [0.25, 0.3) is 0 Å². The summed E-state index contributed by atoms with van der Waals surface area (Å²) in [4.78, 5) is 0.110. The molecule has 1 rings (SSSR count). The molecule has 1 aromatic carbocycles. The van der Waals surface area contributed by atoms with Gasteiger partial charge in [0, 0.05) is 19.5 Å². The van der Waals surface area contributed by atoms with E-state index in [2.05, 4.69) is 0 Å². The van der Waals surface area contributed by atoms with Crippen LogP contribution in [0.2, 0.25) is 5.02 Å². The number of hydrogen-bond donors (Lipinski definition) is 0. The predicted molar refractivity (Wildman–Crippen MR) is 80.3 cm³/mol. The van der Waals surface area contributed by atoms with E-state index in [4.69, 9.17) is 23.2 Å². The third-order valence-corrected chi connectivity index (χ3v) is 5.13. The lowest BCUT2D eigenvalue weighted by atomic mass is 9.97. The van der Waals surface area contributed by atoms with Gasteiger partial charge in [-0.05, 0) is 23.1 Å². The third-order valence-electron chi connectivity index (χ3n) is 2.54. The van der Waals surface area contributed by atoms with E-state index < -0.39 is 10.0 Å². The Morgan fingerprint density at radius 3 is 2.32 bits per heavy atom. The molecule has 0 bridgehead atoms. The number of alkyl halides is 1. The standard InChI is InChI=1S/C13H19Cl2NO2S/c1-13(2,3)9-16(4)19(17,18)12-7-10(8-14)5-6-11(12)15/h5-7H,8-9H2,1-4H3. The van der Waals surface area contributed by atoms with Gasteiger partial charge in [-0.1, -0.05) is 38.4 Å². The van der Waals surface area contributed by atoms with Crippen molar-refractivity contribution in [3.63, 3.8) is 0 Å². The first-order chi connectivity index (χ1) is 8.58. The van der Waals surface area contributed by atoms with Crippen molar-refractivity contribution < 1.29 is 8.42 Å². The topological polar surface area (TPSA) is 37.4 Å². The highest BCUT2D eigenvalue weighted by Gasteiger charge is 2.27. The molecule has 0 heterocycles. The normalized spacial score (nSPS) is 13.0. The minimum absolute atomic E-state index is 0.110. The number of nitrogens with zero attached hydrogens (tertiary/aromatic N) is 1. The molecule has 0 aliphatic rings. The lowest BCUT2D eigenvalue weighted by Gasteiger charge is -2.26. The zero-order valence-electron chi connectivity index (χ0n) is 11.6. The Balaban J connectivity index is 3.20. The molecule has 0 saturated heterocycles. The maximum absolute atomic E-state index is 12.5. The van der Waals surface area contributed by atoms with Crippen LogP contribution in [0.4, 0.5) is 0 Å². The molecule has 1 aromatic rings. The van der Waals surface area contributed by atoms with Crippen LogP contribution in [0.15, 0.2) is 23.1 Å². The second-order valence-corrected chi connectivity index (χ2v) is 8.41. The number of rotatable bonds is 4. The zero-order chi connectivity index (χ0) is 14.8. The van der Waals surface area contributed by atoms with Gasteiger partial charge in [0.25, 0.3) is 0 Å². The van der Waals surface area contributed by atoms with E-state index in [9.17, 15) is 8.42 Å². The van der Waals surface area contributed by atoms with Crippen LogP contribution < -0.4 is 0 Å². The minimum atomic E-state index is -3.59. The van der Waals surface area contributed by atoms with Crippen molar-refractivity contribution in [2.75, 3.05) is 13.6 Å². The zero-order valence-corrected chi connectivity index (χ0v) is 13.9. The quantitative estimate of drug-likeness (QED) is 0.791. The van der Waals surface area contributed by atoms with Crippen molar-refractivity contribution in [2.24, 2.45) is 5.41 Å². The molecule has 3 nitrogen and oxygen atoms in total. The monoisotopic (exact) mass is 323 g/mol. The lowest BCUT2D eigenvalue weighted by Crippen LogP contribution is -2.34. The maximum atomic E-state index is 12.5. The van der Waals surface area contributed by atoms with Crippen molar-refractivity contribution in [1.82, 2.24) is 4.31 Å². The van der Waals surface area contributed by atoms with Crippen LogP contribution in [0, 0.1) is 5.41 Å². The molecule has 108 valence electrons. The Labute approximate surface area is 125 Å². The van der Waals surface area contributed by atoms with Gasteiger partial charge in [-0.15, -0.1) is 11.6 Å². The fraction of sp³-hybridized carbons (Fsp3) is 0.538. The summed E-state index contributed by atoms with van der Waals surface area (Å²) in [6, 6.07) is 4.82. The summed E-state index contributed by atoms with van der Waals surface area (Å²) in [7, 11) is -2.03. The van der Waals surface area contributed by atoms with Crippen LogP contribution in [0.1, 0.15) is 26.3 Å². The minimum Gasteiger partial charge on any atom is -0.207 e. The summed E-state index contributed by atoms with van der Waals surface area (Å²) in [5, 5.41) is 0.217. The maximum Gasteiger partial charge on any atom is 0.244 e. The summed E-state index contributed by atoms with van der Waals surface area (Å²) in [5.41, 5.74) is 0.604. The average Bonchev–Trinajstić information content (AvgIpc) is 2.27. The summed E-state index contributed by atoms with van der Waals surface area (Å²) >= 11 is 11.7. The van der Waals surface area contributed by atoms with E-state index in [-0.39, 0.29) is 21.2 Å². The van der Waals surface area contributed by atoms with Crippen molar-refractivity contribution in [3.05, 3.63) is 28.8 Å². The molecule has 19 heavy (non-hydrogen) atoms. The smallest absolute Gasteiger partial charge is 0.207 e. The molecule has 0 aliphatic heterocycles. The van der Waals surface area contributed by atoms with Gasteiger partial charge in [-0.3, -0.25) is 0 Å². The molecular formula is C13H19Cl2NO2S. The Bertz CT molecular complexity index is 550. The summed E-state index contributed by atoms with van der Waals surface area (Å²) in [6.07, 6.45) is 0. The summed E-state index contributed by atoms with van der Waals surface area (Å²) in [5.74, 6) is 0.253. The highest BCUT2D eigenvalue weighted by Crippen LogP contribution is 2.27. The van der Waals surface area contributed by atoms with Gasteiger partial charge in [0.1, 0.15) is 4.90 Å². The van der Waals surface area contributed by atoms with Gasteiger partial charge < -0.3 is 0 Å². The van der Waals surface area contributed by atoms with E-state index in [0.717, 1.165) is 5.56 Å². The molecule has 0 aliphatic carbocycles. The van der Waals surface area contributed by atoms with Gasteiger partial charge in [-0.25, -0.2) is 12.7 Å². The van der Waals surface area contributed by atoms with Crippen LogP contribution in [-0.2, 0) is 15.9 Å². The number of sulfonamides is 1. The van der Waals surface area contributed by atoms with Gasteiger partial charge in [0.05, 0.1) is 5.02 Å². The molecule has 0 amide bonds. The van der Waals surface area contributed by atoms with E-state index in [1.54, 1.807) is 19.2 Å². The predicted octanol–water partition coefficient (Wildman–Crippen LogP) is 3.75. The van der Waals surface area contributed by atoms with Crippen molar-refractivity contribution in [2.45, 2.75) is 31.5 Å². The first-order valence-electron chi connectivity index (χ1n) is 5.88. The Morgan fingerprint density at radius 1 is 1.26 bits per heavy atom. The van der Waals surface area contributed by atoms with Crippen LogP contribution >= 0.6 is 23.2 Å². The van der Waals surface area contributed by atoms with Crippen LogP contribution in [0.5, 0.6) is 0 Å². The van der Waals surface area contributed by atoms with Crippen LogP contribution in [0.3, 0.4) is 0 Å². The van der Waals surface area contributed by atoms with Crippen molar-refractivity contribution in [3.8, 4) is 0 Å². The van der Waals surface area contributed by atoms with E-state index in [1.807, 2.05) is 20.8 Å². The fourth-order valence-electron chi connectivity index (χ4n) is 1.75. The Morgan fingerprint density at radius 2 is 1.84 bits per heavy atom. The second kappa shape index (κ2) is 6.00. The SMILES string of the molecule is CN(CC(C)(C)C)S(=O)(=O)c1cc(CCl)ccc1Cl. The number of hydrogen-bond acceptors (Lipinski definition) is 2. The molecule has 0 atom stereocenters. The molecule has 0 fully saturated rings. The highest BCUT2D eigenvalue weighted by molar-refractivity contribution is 7.89. The van der Waals surface area contributed by atoms with Crippen molar-refractivity contribution in [1.29, 1.82) is 0 Å². The van der Waals surface area contributed by atoms with Gasteiger partial charge in [0.2, 0.25) is 10.0 Å². The average molecular weight is 324 g/mol. The molecule has 0 radical (unpaired) electrons. The first-order valence-corrected chi connectivity index (χ1v) is 8.24. The van der Waals surface area contributed by atoms with E-state index in [1.165, 1.54) is 10.4 Å². The third kappa shape index (κ3) is 4.35.